The largest absolute Gasteiger partial charge is 0.330 e. The third-order valence-electron chi connectivity index (χ3n) is 2.34. The molecule has 0 saturated carbocycles. The van der Waals surface area contributed by atoms with E-state index in [4.69, 9.17) is 0 Å². The highest BCUT2D eigenvalue weighted by Gasteiger charge is 2.20. The van der Waals surface area contributed by atoms with E-state index in [0.29, 0.717) is 12.0 Å². The van der Waals surface area contributed by atoms with Gasteiger partial charge in [0.15, 0.2) is 0 Å². The highest BCUT2D eigenvalue weighted by Crippen LogP contribution is 2.30. The number of aromatic nitrogens is 2. The van der Waals surface area contributed by atoms with Crippen LogP contribution in [0, 0.1) is 5.92 Å². The van der Waals surface area contributed by atoms with Gasteiger partial charge in [-0.1, -0.05) is 18.2 Å². The molecule has 0 amide bonds. The fourth-order valence-corrected chi connectivity index (χ4v) is 1.51. The van der Waals surface area contributed by atoms with Crippen LogP contribution in [0.15, 0.2) is 43.5 Å². The molecule has 0 aromatic carbocycles. The van der Waals surface area contributed by atoms with Crippen molar-refractivity contribution >= 4 is 0 Å². The van der Waals surface area contributed by atoms with Gasteiger partial charge in [-0.25, -0.2) is 4.98 Å². The second kappa shape index (κ2) is 2.97. The summed E-state index contributed by atoms with van der Waals surface area (Å²) in [5.74, 6) is 0.622. The van der Waals surface area contributed by atoms with E-state index in [1.54, 1.807) is 6.20 Å². The summed E-state index contributed by atoms with van der Waals surface area (Å²) in [5.41, 5.74) is 0. The van der Waals surface area contributed by atoms with Crippen LogP contribution in [0.5, 0.6) is 0 Å². The molecule has 0 saturated heterocycles. The molecule has 2 atom stereocenters. The molecule has 0 fully saturated rings. The maximum absolute atomic E-state index is 4.02. The van der Waals surface area contributed by atoms with Gasteiger partial charge in [-0.3, -0.25) is 0 Å². The SMILES string of the molecule is C=CC(C1C=CC1)n1ccnc1. The summed E-state index contributed by atoms with van der Waals surface area (Å²) < 4.78 is 2.10. The van der Waals surface area contributed by atoms with Gasteiger partial charge >= 0.3 is 0 Å². The molecule has 12 heavy (non-hydrogen) atoms. The van der Waals surface area contributed by atoms with E-state index in [1.807, 2.05) is 18.6 Å². The molecule has 1 aromatic rings. The molecular formula is C10H12N2. The van der Waals surface area contributed by atoms with Gasteiger partial charge in [0.2, 0.25) is 0 Å². The van der Waals surface area contributed by atoms with Crippen molar-refractivity contribution in [1.82, 2.24) is 9.55 Å². The molecule has 0 aliphatic heterocycles. The van der Waals surface area contributed by atoms with Gasteiger partial charge in [-0.15, -0.1) is 6.58 Å². The van der Waals surface area contributed by atoms with E-state index in [0.717, 1.165) is 6.42 Å². The molecule has 1 aromatic heterocycles. The fraction of sp³-hybridized carbons (Fsp3) is 0.300. The summed E-state index contributed by atoms with van der Waals surface area (Å²) in [5, 5.41) is 0. The van der Waals surface area contributed by atoms with Crippen LogP contribution in [0.25, 0.3) is 0 Å². The van der Waals surface area contributed by atoms with Crippen molar-refractivity contribution in [3.63, 3.8) is 0 Å². The van der Waals surface area contributed by atoms with Gasteiger partial charge in [-0.2, -0.15) is 0 Å². The Bertz CT molecular complexity index is 285. The van der Waals surface area contributed by atoms with Crippen molar-refractivity contribution in [1.29, 1.82) is 0 Å². The fourth-order valence-electron chi connectivity index (χ4n) is 1.51. The Labute approximate surface area is 72.2 Å². The lowest BCUT2D eigenvalue weighted by Gasteiger charge is -2.26. The van der Waals surface area contributed by atoms with Crippen LogP contribution >= 0.6 is 0 Å². The van der Waals surface area contributed by atoms with E-state index in [9.17, 15) is 0 Å². The van der Waals surface area contributed by atoms with Crippen LogP contribution in [0.2, 0.25) is 0 Å². The van der Waals surface area contributed by atoms with Crippen LogP contribution in [0.4, 0.5) is 0 Å². The molecule has 62 valence electrons. The molecule has 1 aliphatic rings. The number of hydrogen-bond acceptors (Lipinski definition) is 1. The maximum Gasteiger partial charge on any atom is 0.0951 e. The lowest BCUT2D eigenvalue weighted by atomic mass is 9.88. The first-order valence-corrected chi connectivity index (χ1v) is 4.18. The highest BCUT2D eigenvalue weighted by molar-refractivity contribution is 5.10. The molecule has 2 rings (SSSR count). The molecule has 1 aliphatic carbocycles. The monoisotopic (exact) mass is 160 g/mol. The van der Waals surface area contributed by atoms with Crippen molar-refractivity contribution < 1.29 is 0 Å². The van der Waals surface area contributed by atoms with Crippen LogP contribution in [-0.2, 0) is 0 Å². The van der Waals surface area contributed by atoms with E-state index < -0.39 is 0 Å². The van der Waals surface area contributed by atoms with Crippen LogP contribution in [0.1, 0.15) is 12.5 Å². The van der Waals surface area contributed by atoms with Gasteiger partial charge in [0, 0.05) is 18.3 Å². The topological polar surface area (TPSA) is 17.8 Å². The zero-order chi connectivity index (χ0) is 8.39. The number of imidazole rings is 1. The molecular weight excluding hydrogens is 148 g/mol. The van der Waals surface area contributed by atoms with E-state index in [2.05, 4.69) is 28.3 Å². The van der Waals surface area contributed by atoms with Crippen LogP contribution in [-0.4, -0.2) is 9.55 Å². The summed E-state index contributed by atoms with van der Waals surface area (Å²) >= 11 is 0. The van der Waals surface area contributed by atoms with Gasteiger partial charge in [0.25, 0.3) is 0 Å². The van der Waals surface area contributed by atoms with Crippen molar-refractivity contribution in [2.24, 2.45) is 5.92 Å². The second-order valence-electron chi connectivity index (χ2n) is 3.06. The Kier molecular flexibility index (Phi) is 1.82. The number of hydrogen-bond donors (Lipinski definition) is 0. The molecule has 0 bridgehead atoms. The van der Waals surface area contributed by atoms with Gasteiger partial charge in [-0.05, 0) is 6.42 Å². The minimum absolute atomic E-state index is 0.387. The predicted octanol–water partition coefficient (Wildman–Crippen LogP) is 2.19. The van der Waals surface area contributed by atoms with Gasteiger partial charge in [0.1, 0.15) is 0 Å². The molecule has 2 heteroatoms. The Balaban J connectivity index is 2.18. The van der Waals surface area contributed by atoms with Crippen molar-refractivity contribution in [3.8, 4) is 0 Å². The smallest absolute Gasteiger partial charge is 0.0951 e. The average Bonchev–Trinajstić information content (AvgIpc) is 2.47. The maximum atomic E-state index is 4.02. The summed E-state index contributed by atoms with van der Waals surface area (Å²) in [6, 6.07) is 0.387. The van der Waals surface area contributed by atoms with E-state index in [-0.39, 0.29) is 0 Å². The lowest BCUT2D eigenvalue weighted by Crippen LogP contribution is -2.18. The summed E-state index contributed by atoms with van der Waals surface area (Å²) in [7, 11) is 0. The zero-order valence-corrected chi connectivity index (χ0v) is 6.93. The Hall–Kier alpha value is -1.31. The van der Waals surface area contributed by atoms with Crippen molar-refractivity contribution in [3.05, 3.63) is 43.5 Å². The van der Waals surface area contributed by atoms with Crippen molar-refractivity contribution in [2.75, 3.05) is 0 Å². The highest BCUT2D eigenvalue weighted by atomic mass is 15.1. The lowest BCUT2D eigenvalue weighted by molar-refractivity contribution is 0.435. The number of allylic oxidation sites excluding steroid dienone is 3. The van der Waals surface area contributed by atoms with Gasteiger partial charge in [0.05, 0.1) is 12.4 Å². The zero-order valence-electron chi connectivity index (χ0n) is 6.93. The Morgan fingerprint density at radius 3 is 2.92 bits per heavy atom. The van der Waals surface area contributed by atoms with Crippen molar-refractivity contribution in [2.45, 2.75) is 12.5 Å². The number of nitrogens with zero attached hydrogens (tertiary/aromatic N) is 2. The first-order valence-electron chi connectivity index (χ1n) is 4.18. The second-order valence-corrected chi connectivity index (χ2v) is 3.06. The molecule has 0 N–H and O–H groups in total. The molecule has 0 spiro atoms. The summed E-state index contributed by atoms with van der Waals surface area (Å²) in [4.78, 5) is 4.02. The first-order chi connectivity index (χ1) is 5.92. The quantitative estimate of drug-likeness (QED) is 0.620. The summed E-state index contributed by atoms with van der Waals surface area (Å²) in [6.45, 7) is 3.84. The Morgan fingerprint density at radius 2 is 2.50 bits per heavy atom. The number of rotatable bonds is 3. The first kappa shape index (κ1) is 7.35. The van der Waals surface area contributed by atoms with E-state index >= 15 is 0 Å². The van der Waals surface area contributed by atoms with Gasteiger partial charge < -0.3 is 4.57 Å². The third kappa shape index (κ3) is 1.09. The minimum Gasteiger partial charge on any atom is -0.330 e. The third-order valence-corrected chi connectivity index (χ3v) is 2.34. The molecule has 0 radical (unpaired) electrons. The summed E-state index contributed by atoms with van der Waals surface area (Å²) in [6.07, 6.45) is 13.2. The molecule has 1 heterocycles. The molecule has 2 unspecified atom stereocenters. The van der Waals surface area contributed by atoms with E-state index in [1.165, 1.54) is 0 Å². The minimum atomic E-state index is 0.387. The van der Waals surface area contributed by atoms with Crippen LogP contribution in [0.3, 0.4) is 0 Å². The standard InChI is InChI=1S/C10H12N2/c1-2-10(9-4-3-5-9)12-7-6-11-8-12/h2-4,6-10H,1,5H2. The predicted molar refractivity (Wildman–Crippen MR) is 48.7 cm³/mol. The van der Waals surface area contributed by atoms with Crippen LogP contribution < -0.4 is 0 Å². The molecule has 2 nitrogen and oxygen atoms in total. The Morgan fingerprint density at radius 1 is 1.67 bits per heavy atom. The normalized spacial score (nSPS) is 23.2. The average molecular weight is 160 g/mol.